The van der Waals surface area contributed by atoms with Crippen molar-refractivity contribution in [2.24, 2.45) is 0 Å². The molecule has 6 nitrogen and oxygen atoms in total. The molecule has 0 saturated carbocycles. The fraction of sp³-hybridized carbons (Fsp3) is 0.206. The lowest BCUT2D eigenvalue weighted by Gasteiger charge is -2.46. The summed E-state index contributed by atoms with van der Waals surface area (Å²) in [7, 11) is 3.31. The highest BCUT2D eigenvalue weighted by Crippen LogP contribution is 2.48. The van der Waals surface area contributed by atoms with Crippen molar-refractivity contribution in [2.45, 2.75) is 25.4 Å². The lowest BCUT2D eigenvalue weighted by atomic mass is 9.84. The van der Waals surface area contributed by atoms with Gasteiger partial charge >= 0.3 is 5.97 Å². The van der Waals surface area contributed by atoms with Crippen LogP contribution in [0, 0.1) is 7.14 Å². The van der Waals surface area contributed by atoms with Gasteiger partial charge in [0.25, 0.3) is 0 Å². The molecule has 2 unspecified atom stereocenters. The van der Waals surface area contributed by atoms with Crippen LogP contribution in [-0.2, 0) is 9.53 Å². The molecule has 1 aliphatic rings. The quantitative estimate of drug-likeness (QED) is 0.136. The van der Waals surface area contributed by atoms with Gasteiger partial charge in [-0.05, 0) is 136 Å². The van der Waals surface area contributed by atoms with Crippen molar-refractivity contribution in [1.29, 1.82) is 0 Å². The molecule has 0 aromatic heterocycles. The van der Waals surface area contributed by atoms with Gasteiger partial charge in [0, 0.05) is 30.6 Å². The van der Waals surface area contributed by atoms with Crippen LogP contribution in [-0.4, -0.2) is 26.8 Å². The minimum atomic E-state index is -0.423. The van der Waals surface area contributed by atoms with Crippen LogP contribution in [0.2, 0.25) is 0 Å². The van der Waals surface area contributed by atoms with Gasteiger partial charge in [0.05, 0.1) is 38.5 Å². The lowest BCUT2D eigenvalue weighted by molar-refractivity contribution is -0.139. The summed E-state index contributed by atoms with van der Waals surface area (Å²) in [5.74, 6) is 1.20. The summed E-state index contributed by atoms with van der Waals surface area (Å²) in [5.41, 5.74) is 5.42. The standard InChI is InChI=1S/C34H32I2N2O4/c1-4-42-34(39)32-30(37-26-13-17-28(40-2)18-14-26)21-31(22-5-9-24(35)10-6-22)38(27-15-19-29(41-3)20-16-27)33(32)23-7-11-25(36)12-8-23/h5-20,31,33,37H,4,21H2,1-3H3. The molecule has 0 radical (unpaired) electrons. The van der Waals surface area contributed by atoms with Crippen LogP contribution in [0.25, 0.3) is 0 Å². The van der Waals surface area contributed by atoms with E-state index in [1.165, 1.54) is 0 Å². The third kappa shape index (κ3) is 6.70. The van der Waals surface area contributed by atoms with Crippen molar-refractivity contribution >= 4 is 62.5 Å². The monoisotopic (exact) mass is 786 g/mol. The first-order chi connectivity index (χ1) is 20.4. The van der Waals surface area contributed by atoms with Crippen molar-refractivity contribution < 1.29 is 19.0 Å². The molecule has 0 aliphatic carbocycles. The Labute approximate surface area is 274 Å². The number of benzene rings is 4. The van der Waals surface area contributed by atoms with Crippen molar-refractivity contribution in [3.05, 3.63) is 127 Å². The fourth-order valence-electron chi connectivity index (χ4n) is 5.32. The van der Waals surface area contributed by atoms with Crippen molar-refractivity contribution in [2.75, 3.05) is 31.0 Å². The number of carbonyl (C=O) groups is 1. The van der Waals surface area contributed by atoms with E-state index >= 15 is 0 Å². The number of esters is 1. The summed E-state index contributed by atoms with van der Waals surface area (Å²) in [6, 6.07) is 32.2. The molecular formula is C34H32I2N2O4. The third-order valence-electron chi connectivity index (χ3n) is 7.30. The van der Waals surface area contributed by atoms with Crippen LogP contribution in [0.4, 0.5) is 11.4 Å². The number of nitrogens with one attached hydrogen (secondary N) is 1. The minimum absolute atomic E-state index is 0.0846. The second-order valence-corrected chi connectivity index (χ2v) is 12.3. The minimum Gasteiger partial charge on any atom is -0.497 e. The molecule has 0 fully saturated rings. The maximum atomic E-state index is 13.9. The molecule has 2 atom stereocenters. The smallest absolute Gasteiger partial charge is 0.338 e. The van der Waals surface area contributed by atoms with E-state index in [1.54, 1.807) is 14.2 Å². The Bertz CT molecular complexity index is 1540. The Hall–Kier alpha value is -3.25. The van der Waals surface area contributed by atoms with Crippen molar-refractivity contribution in [3.8, 4) is 11.5 Å². The Morgan fingerprint density at radius 2 is 1.31 bits per heavy atom. The Kier molecular flexibility index (Phi) is 9.94. The van der Waals surface area contributed by atoms with E-state index in [4.69, 9.17) is 14.2 Å². The molecule has 216 valence electrons. The molecule has 8 heteroatoms. The molecule has 0 amide bonds. The van der Waals surface area contributed by atoms with E-state index in [2.05, 4.69) is 116 Å². The first-order valence-electron chi connectivity index (χ1n) is 13.7. The zero-order valence-corrected chi connectivity index (χ0v) is 28.0. The van der Waals surface area contributed by atoms with Crippen molar-refractivity contribution in [1.82, 2.24) is 0 Å². The van der Waals surface area contributed by atoms with Crippen LogP contribution < -0.4 is 19.7 Å². The van der Waals surface area contributed by atoms with Gasteiger partial charge in [-0.3, -0.25) is 0 Å². The largest absolute Gasteiger partial charge is 0.497 e. The van der Waals surface area contributed by atoms with Gasteiger partial charge in [-0.1, -0.05) is 24.3 Å². The predicted molar refractivity (Wildman–Crippen MR) is 184 cm³/mol. The second-order valence-electron chi connectivity index (χ2n) is 9.80. The fourth-order valence-corrected chi connectivity index (χ4v) is 6.03. The van der Waals surface area contributed by atoms with Gasteiger partial charge in [-0.25, -0.2) is 4.79 Å². The molecule has 4 aromatic carbocycles. The van der Waals surface area contributed by atoms with Gasteiger partial charge in [-0.15, -0.1) is 0 Å². The first kappa shape index (κ1) is 30.2. The maximum absolute atomic E-state index is 13.9. The predicted octanol–water partition coefficient (Wildman–Crippen LogP) is 8.54. The lowest BCUT2D eigenvalue weighted by Crippen LogP contribution is -2.41. The van der Waals surface area contributed by atoms with Crippen LogP contribution in [0.15, 0.2) is 108 Å². The van der Waals surface area contributed by atoms with E-state index in [0.717, 1.165) is 46.8 Å². The van der Waals surface area contributed by atoms with Gasteiger partial charge < -0.3 is 24.4 Å². The summed E-state index contributed by atoms with van der Waals surface area (Å²) in [5, 5.41) is 3.61. The number of rotatable bonds is 9. The number of halogens is 2. The zero-order valence-electron chi connectivity index (χ0n) is 23.6. The van der Waals surface area contributed by atoms with Crippen LogP contribution in [0.1, 0.15) is 36.6 Å². The molecule has 1 N–H and O–H groups in total. The summed E-state index contributed by atoms with van der Waals surface area (Å²) in [4.78, 5) is 16.3. The average Bonchev–Trinajstić information content (AvgIpc) is 3.02. The number of anilines is 2. The van der Waals surface area contributed by atoms with Crippen LogP contribution in [0.3, 0.4) is 0 Å². The SMILES string of the molecule is CCOC(=O)C1=C(Nc2ccc(OC)cc2)CC(c2ccc(I)cc2)N(c2ccc(OC)cc2)C1c1ccc(I)cc1. The molecule has 0 saturated heterocycles. The molecule has 4 aromatic rings. The second kappa shape index (κ2) is 13.8. The number of methoxy groups -OCH3 is 2. The summed E-state index contributed by atoms with van der Waals surface area (Å²) < 4.78 is 18.9. The van der Waals surface area contributed by atoms with E-state index in [1.807, 2.05) is 43.3 Å². The molecule has 0 spiro atoms. The van der Waals surface area contributed by atoms with Crippen LogP contribution in [0.5, 0.6) is 11.5 Å². The van der Waals surface area contributed by atoms with Gasteiger partial charge in [0.15, 0.2) is 0 Å². The van der Waals surface area contributed by atoms with Gasteiger partial charge in [0.1, 0.15) is 11.5 Å². The van der Waals surface area contributed by atoms with Crippen LogP contribution >= 0.6 is 45.2 Å². The number of ether oxygens (including phenoxy) is 3. The highest BCUT2D eigenvalue weighted by molar-refractivity contribution is 14.1. The van der Waals surface area contributed by atoms with Gasteiger partial charge in [0.2, 0.25) is 0 Å². The normalized spacial score (nSPS) is 16.6. The number of hydrogen-bond donors (Lipinski definition) is 1. The molecular weight excluding hydrogens is 754 g/mol. The van der Waals surface area contributed by atoms with E-state index in [-0.39, 0.29) is 18.6 Å². The van der Waals surface area contributed by atoms with E-state index < -0.39 is 6.04 Å². The molecule has 1 heterocycles. The molecule has 42 heavy (non-hydrogen) atoms. The first-order valence-corrected chi connectivity index (χ1v) is 15.8. The highest BCUT2D eigenvalue weighted by atomic mass is 127. The summed E-state index contributed by atoms with van der Waals surface area (Å²) in [6.07, 6.45) is 0.563. The van der Waals surface area contributed by atoms with Crippen molar-refractivity contribution in [3.63, 3.8) is 0 Å². The molecule has 0 bridgehead atoms. The third-order valence-corrected chi connectivity index (χ3v) is 8.74. The van der Waals surface area contributed by atoms with Gasteiger partial charge in [-0.2, -0.15) is 0 Å². The van der Waals surface area contributed by atoms with E-state index in [0.29, 0.717) is 12.0 Å². The average molecular weight is 786 g/mol. The Morgan fingerprint density at radius 3 is 1.83 bits per heavy atom. The topological polar surface area (TPSA) is 60.0 Å². The molecule has 5 rings (SSSR count). The zero-order chi connectivity index (χ0) is 29.6. The Balaban J connectivity index is 1.75. The maximum Gasteiger partial charge on any atom is 0.338 e. The van der Waals surface area contributed by atoms with E-state index in [9.17, 15) is 4.79 Å². The molecule has 1 aliphatic heterocycles. The number of nitrogens with zero attached hydrogens (tertiary/aromatic N) is 1. The number of hydrogen-bond acceptors (Lipinski definition) is 6. The summed E-state index contributed by atoms with van der Waals surface area (Å²) in [6.45, 7) is 2.12. The summed E-state index contributed by atoms with van der Waals surface area (Å²) >= 11 is 4.64. The number of carbonyl (C=O) groups excluding carboxylic acids is 1. The highest BCUT2D eigenvalue weighted by Gasteiger charge is 2.41. The Morgan fingerprint density at radius 1 is 0.786 bits per heavy atom.